The molecule has 0 N–H and O–H groups in total. The molecule has 0 saturated heterocycles. The lowest BCUT2D eigenvalue weighted by atomic mass is 9.96. The monoisotopic (exact) mass is 347 g/mol. The van der Waals surface area contributed by atoms with Gasteiger partial charge in [0, 0.05) is 17.3 Å². The number of carbonyl (C=O) groups excluding carboxylic acids is 1. The number of rotatable bonds is 3. The van der Waals surface area contributed by atoms with Crippen LogP contribution in [0.3, 0.4) is 0 Å². The van der Waals surface area contributed by atoms with Crippen LogP contribution in [-0.4, -0.2) is 32.2 Å². The molecule has 1 aliphatic rings. The van der Waals surface area contributed by atoms with Crippen molar-refractivity contribution in [2.45, 2.75) is 39.3 Å². The smallest absolute Gasteiger partial charge is 0.250 e. The van der Waals surface area contributed by atoms with Gasteiger partial charge in [0.1, 0.15) is 6.54 Å². The number of para-hydroxylation sites is 1. The van der Waals surface area contributed by atoms with Crippen LogP contribution in [0.25, 0.3) is 11.4 Å². The van der Waals surface area contributed by atoms with Crippen LogP contribution in [0.15, 0.2) is 48.5 Å². The number of benzene rings is 2. The number of amides is 1. The molecule has 0 unspecified atom stereocenters. The van der Waals surface area contributed by atoms with Gasteiger partial charge in [0.15, 0.2) is 0 Å². The predicted octanol–water partition coefficient (Wildman–Crippen LogP) is 3.02. The van der Waals surface area contributed by atoms with E-state index >= 15 is 0 Å². The molecular weight excluding hydrogens is 326 g/mol. The van der Waals surface area contributed by atoms with Crippen LogP contribution in [-0.2, 0) is 17.8 Å². The fourth-order valence-electron chi connectivity index (χ4n) is 3.39. The van der Waals surface area contributed by atoms with Gasteiger partial charge in [0.05, 0.1) is 0 Å². The largest absolute Gasteiger partial charge is 0.308 e. The van der Waals surface area contributed by atoms with E-state index in [1.807, 2.05) is 54.3 Å². The lowest BCUT2D eigenvalue weighted by Gasteiger charge is -2.35. The molecule has 0 aliphatic carbocycles. The molecule has 1 amide bonds. The summed E-state index contributed by atoms with van der Waals surface area (Å²) < 4.78 is 0. The summed E-state index contributed by atoms with van der Waals surface area (Å²) in [4.78, 5) is 16.2. The van der Waals surface area contributed by atoms with Crippen molar-refractivity contribution in [2.24, 2.45) is 0 Å². The molecule has 0 spiro atoms. The molecule has 1 atom stereocenters. The Morgan fingerprint density at radius 3 is 2.73 bits per heavy atom. The number of nitrogens with zero attached hydrogens (tertiary/aromatic N) is 5. The van der Waals surface area contributed by atoms with Gasteiger partial charge < -0.3 is 4.90 Å². The summed E-state index contributed by atoms with van der Waals surface area (Å²) in [6.45, 7) is 4.20. The first-order chi connectivity index (χ1) is 12.6. The van der Waals surface area contributed by atoms with Crippen molar-refractivity contribution < 1.29 is 4.79 Å². The van der Waals surface area contributed by atoms with Crippen molar-refractivity contribution in [1.82, 2.24) is 20.2 Å². The summed E-state index contributed by atoms with van der Waals surface area (Å²) in [5.74, 6) is 0.516. The summed E-state index contributed by atoms with van der Waals surface area (Å²) in [6, 6.07) is 16.2. The van der Waals surface area contributed by atoms with Crippen molar-refractivity contribution >= 4 is 11.6 Å². The topological polar surface area (TPSA) is 63.9 Å². The molecule has 132 valence electrons. The molecule has 4 rings (SSSR count). The van der Waals surface area contributed by atoms with E-state index in [4.69, 9.17) is 0 Å². The zero-order valence-corrected chi connectivity index (χ0v) is 15.0. The Kier molecular flexibility index (Phi) is 4.24. The van der Waals surface area contributed by atoms with Gasteiger partial charge in [-0.15, -0.1) is 10.2 Å². The first kappa shape index (κ1) is 16.4. The van der Waals surface area contributed by atoms with Crippen LogP contribution in [0.2, 0.25) is 0 Å². The second-order valence-corrected chi connectivity index (χ2v) is 6.79. The van der Waals surface area contributed by atoms with E-state index in [2.05, 4.69) is 28.4 Å². The molecule has 1 aromatic heterocycles. The molecule has 0 saturated carbocycles. The van der Waals surface area contributed by atoms with Crippen molar-refractivity contribution in [3.05, 3.63) is 59.7 Å². The van der Waals surface area contributed by atoms with Gasteiger partial charge in [-0.1, -0.05) is 48.0 Å². The summed E-state index contributed by atoms with van der Waals surface area (Å²) in [5, 5.41) is 12.5. The Morgan fingerprint density at radius 1 is 1.15 bits per heavy atom. The predicted molar refractivity (Wildman–Crippen MR) is 99.7 cm³/mol. The number of tetrazole rings is 1. The van der Waals surface area contributed by atoms with Crippen LogP contribution < -0.4 is 4.90 Å². The van der Waals surface area contributed by atoms with Crippen LogP contribution in [0.4, 0.5) is 5.69 Å². The van der Waals surface area contributed by atoms with Crippen LogP contribution in [0.1, 0.15) is 24.5 Å². The highest BCUT2D eigenvalue weighted by Gasteiger charge is 2.28. The lowest BCUT2D eigenvalue weighted by molar-refractivity contribution is -0.120. The minimum absolute atomic E-state index is 0.0162. The molecule has 0 bridgehead atoms. The second-order valence-electron chi connectivity index (χ2n) is 6.79. The maximum absolute atomic E-state index is 12.9. The Hall–Kier alpha value is -3.02. The normalized spacial score (nSPS) is 16.4. The maximum atomic E-state index is 12.9. The van der Waals surface area contributed by atoms with E-state index in [1.165, 1.54) is 15.9 Å². The van der Waals surface area contributed by atoms with E-state index in [9.17, 15) is 4.79 Å². The molecule has 2 heterocycles. The average Bonchev–Trinajstić information content (AvgIpc) is 3.10. The van der Waals surface area contributed by atoms with E-state index in [1.54, 1.807) is 0 Å². The third kappa shape index (κ3) is 3.10. The molecule has 6 nitrogen and oxygen atoms in total. The van der Waals surface area contributed by atoms with Crippen LogP contribution in [0, 0.1) is 6.92 Å². The molecule has 3 aromatic rings. The lowest BCUT2D eigenvalue weighted by Crippen LogP contribution is -2.44. The molecule has 26 heavy (non-hydrogen) atoms. The molecule has 0 fully saturated rings. The van der Waals surface area contributed by atoms with Crippen molar-refractivity contribution in [3.63, 3.8) is 0 Å². The van der Waals surface area contributed by atoms with Gasteiger partial charge >= 0.3 is 0 Å². The number of hydrogen-bond acceptors (Lipinski definition) is 4. The van der Waals surface area contributed by atoms with Gasteiger partial charge in [0.25, 0.3) is 5.91 Å². The first-order valence-electron chi connectivity index (χ1n) is 8.86. The second kappa shape index (κ2) is 6.71. The van der Waals surface area contributed by atoms with E-state index in [0.717, 1.165) is 24.1 Å². The van der Waals surface area contributed by atoms with Gasteiger partial charge in [-0.3, -0.25) is 4.79 Å². The average molecular weight is 347 g/mol. The quantitative estimate of drug-likeness (QED) is 0.730. The maximum Gasteiger partial charge on any atom is 0.250 e. The van der Waals surface area contributed by atoms with Crippen LogP contribution in [0.5, 0.6) is 0 Å². The molecule has 1 aliphatic heterocycles. The van der Waals surface area contributed by atoms with Crippen molar-refractivity contribution in [1.29, 1.82) is 0 Å². The third-order valence-corrected chi connectivity index (χ3v) is 4.83. The Bertz CT molecular complexity index is 931. The molecule has 0 radical (unpaired) electrons. The highest BCUT2D eigenvalue weighted by molar-refractivity contribution is 5.95. The van der Waals surface area contributed by atoms with Crippen LogP contribution >= 0.6 is 0 Å². The number of carbonyl (C=O) groups is 1. The van der Waals surface area contributed by atoms with Gasteiger partial charge in [0.2, 0.25) is 5.82 Å². The summed E-state index contributed by atoms with van der Waals surface area (Å²) in [5.41, 5.74) is 4.28. The Balaban J connectivity index is 1.55. The fourth-order valence-corrected chi connectivity index (χ4v) is 3.39. The fraction of sp³-hybridized carbons (Fsp3) is 0.300. The highest BCUT2D eigenvalue weighted by atomic mass is 16.2. The zero-order valence-electron chi connectivity index (χ0n) is 15.0. The minimum atomic E-state index is -0.0162. The molecular formula is C20H21N5O. The number of aryl methyl sites for hydroxylation is 2. The number of hydrogen-bond donors (Lipinski definition) is 0. The number of aromatic nitrogens is 4. The van der Waals surface area contributed by atoms with E-state index < -0.39 is 0 Å². The van der Waals surface area contributed by atoms with Crippen molar-refractivity contribution in [3.8, 4) is 11.4 Å². The number of fused-ring (bicyclic) bond motifs is 1. The zero-order chi connectivity index (χ0) is 18.1. The Labute approximate surface area is 152 Å². The highest BCUT2D eigenvalue weighted by Crippen LogP contribution is 2.30. The number of anilines is 1. The minimum Gasteiger partial charge on any atom is -0.308 e. The molecule has 6 heteroatoms. The summed E-state index contributed by atoms with van der Waals surface area (Å²) in [6.07, 6.45) is 1.96. The van der Waals surface area contributed by atoms with Gasteiger partial charge in [-0.2, -0.15) is 4.80 Å². The standard InChI is InChI=1S/C20H21N5O/c1-14-7-10-17(11-8-14)20-21-23-24(22-20)13-19(26)25-15(2)9-12-16-5-3-4-6-18(16)25/h3-8,10-11,15H,9,12-13H2,1-2H3/t15-/m1/s1. The summed E-state index contributed by atoms with van der Waals surface area (Å²) >= 11 is 0. The Morgan fingerprint density at radius 2 is 1.92 bits per heavy atom. The SMILES string of the molecule is Cc1ccc(-c2nnn(CC(=O)N3c4ccccc4CC[C@H]3C)n2)cc1. The van der Waals surface area contributed by atoms with Crippen molar-refractivity contribution in [2.75, 3.05) is 4.90 Å². The van der Waals surface area contributed by atoms with E-state index in [0.29, 0.717) is 5.82 Å². The summed E-state index contributed by atoms with van der Waals surface area (Å²) in [7, 11) is 0. The first-order valence-corrected chi connectivity index (χ1v) is 8.86. The molecule has 2 aromatic carbocycles. The third-order valence-electron chi connectivity index (χ3n) is 4.83. The van der Waals surface area contributed by atoms with Gasteiger partial charge in [-0.05, 0) is 43.5 Å². The van der Waals surface area contributed by atoms with E-state index in [-0.39, 0.29) is 18.5 Å². The van der Waals surface area contributed by atoms with Gasteiger partial charge in [-0.25, -0.2) is 0 Å².